The number of hydrogen-bond acceptors (Lipinski definition) is 3. The highest BCUT2D eigenvalue weighted by molar-refractivity contribution is 6.32. The van der Waals surface area contributed by atoms with Crippen LogP contribution in [0.4, 0.5) is 0 Å². The van der Waals surface area contributed by atoms with Crippen LogP contribution in [0.25, 0.3) is 0 Å². The number of rotatable bonds is 7. The van der Waals surface area contributed by atoms with E-state index in [-0.39, 0.29) is 17.2 Å². The molecule has 5 heteroatoms. The summed E-state index contributed by atoms with van der Waals surface area (Å²) in [5.74, 6) is -0.864. The summed E-state index contributed by atoms with van der Waals surface area (Å²) >= 11 is 5.92. The number of likely N-dealkylation sites (N-methyl/N-ethyl adjacent to an activating group) is 1. The maximum atomic E-state index is 11.0. The molecule has 0 spiro atoms. The minimum Gasteiger partial charge on any atom is -0.506 e. The molecule has 2 aromatic rings. The molecule has 0 aliphatic carbocycles. The second kappa shape index (κ2) is 8.18. The van der Waals surface area contributed by atoms with Gasteiger partial charge in [0.2, 0.25) is 0 Å². The molecule has 2 N–H and O–H groups in total. The molecule has 0 bridgehead atoms. The summed E-state index contributed by atoms with van der Waals surface area (Å²) in [5, 5.41) is 19.3. The highest BCUT2D eigenvalue weighted by Gasteiger charge is 2.18. The number of benzene rings is 2. The zero-order valence-electron chi connectivity index (χ0n) is 13.9. The lowest BCUT2D eigenvalue weighted by Crippen LogP contribution is -2.26. The average molecular weight is 348 g/mol. The third kappa shape index (κ3) is 4.49. The van der Waals surface area contributed by atoms with Gasteiger partial charge in [-0.2, -0.15) is 0 Å². The molecule has 0 heterocycles. The Morgan fingerprint density at radius 3 is 2.33 bits per heavy atom. The summed E-state index contributed by atoms with van der Waals surface area (Å²) in [6, 6.07) is 12.2. The van der Waals surface area contributed by atoms with E-state index in [0.717, 1.165) is 30.6 Å². The van der Waals surface area contributed by atoms with Crippen molar-refractivity contribution in [2.45, 2.75) is 19.3 Å². The molecule has 0 amide bonds. The van der Waals surface area contributed by atoms with Crippen LogP contribution < -0.4 is 0 Å². The zero-order valence-corrected chi connectivity index (χ0v) is 14.6. The number of hydrogen-bond donors (Lipinski definition) is 2. The van der Waals surface area contributed by atoms with Crippen molar-refractivity contribution in [3.63, 3.8) is 0 Å². The number of carboxylic acid groups (broad SMARTS) is 1. The van der Waals surface area contributed by atoms with E-state index in [0.29, 0.717) is 5.02 Å². The first-order chi connectivity index (χ1) is 11.4. The predicted molar refractivity (Wildman–Crippen MR) is 96.1 cm³/mol. The fourth-order valence-electron chi connectivity index (χ4n) is 2.79. The van der Waals surface area contributed by atoms with Gasteiger partial charge in [-0.3, -0.25) is 0 Å². The maximum absolute atomic E-state index is 11.0. The summed E-state index contributed by atoms with van der Waals surface area (Å²) in [7, 11) is 2.05. The second-order valence-electron chi connectivity index (χ2n) is 5.95. The third-order valence-electron chi connectivity index (χ3n) is 4.03. The molecule has 2 aromatic carbocycles. The Balaban J connectivity index is 2.37. The molecule has 1 unspecified atom stereocenters. The normalized spacial score (nSPS) is 12.3. The summed E-state index contributed by atoms with van der Waals surface area (Å²) < 4.78 is 0. The molecular formula is C19H22ClNO3. The van der Waals surface area contributed by atoms with E-state index in [2.05, 4.69) is 18.9 Å². The fourth-order valence-corrected chi connectivity index (χ4v) is 2.91. The summed E-state index contributed by atoms with van der Waals surface area (Å²) in [6.07, 6.45) is 1.05. The van der Waals surface area contributed by atoms with Gasteiger partial charge in [0, 0.05) is 12.5 Å². The lowest BCUT2D eigenvalue weighted by atomic mass is 9.90. The highest BCUT2D eigenvalue weighted by Crippen LogP contribution is 2.32. The minimum absolute atomic E-state index is 0.0209. The first-order valence-corrected chi connectivity index (χ1v) is 8.30. The van der Waals surface area contributed by atoms with E-state index in [4.69, 9.17) is 16.7 Å². The fraction of sp³-hybridized carbons (Fsp3) is 0.316. The molecule has 0 fully saturated rings. The smallest absolute Gasteiger partial charge is 0.335 e. The summed E-state index contributed by atoms with van der Waals surface area (Å²) in [6.45, 7) is 3.85. The van der Waals surface area contributed by atoms with Crippen LogP contribution in [0.15, 0.2) is 42.5 Å². The Morgan fingerprint density at radius 1 is 1.17 bits per heavy atom. The van der Waals surface area contributed by atoms with Crippen molar-refractivity contribution in [1.82, 2.24) is 4.90 Å². The van der Waals surface area contributed by atoms with Gasteiger partial charge in [0.05, 0.1) is 10.6 Å². The molecule has 24 heavy (non-hydrogen) atoms. The number of aromatic hydroxyl groups is 1. The van der Waals surface area contributed by atoms with Crippen LogP contribution in [0.5, 0.6) is 5.75 Å². The van der Waals surface area contributed by atoms with E-state index >= 15 is 0 Å². The molecule has 0 radical (unpaired) electrons. The molecule has 0 aliphatic heterocycles. The van der Waals surface area contributed by atoms with Crippen LogP contribution in [0.1, 0.15) is 40.7 Å². The van der Waals surface area contributed by atoms with Gasteiger partial charge in [0.25, 0.3) is 0 Å². The molecule has 0 saturated heterocycles. The van der Waals surface area contributed by atoms with Gasteiger partial charge in [-0.25, -0.2) is 4.79 Å². The molecule has 128 valence electrons. The van der Waals surface area contributed by atoms with E-state index in [1.807, 2.05) is 18.2 Å². The molecular weight excluding hydrogens is 326 g/mol. The quantitative estimate of drug-likeness (QED) is 0.787. The Morgan fingerprint density at radius 2 is 1.79 bits per heavy atom. The Bertz CT molecular complexity index is 700. The highest BCUT2D eigenvalue weighted by atomic mass is 35.5. The van der Waals surface area contributed by atoms with Crippen molar-refractivity contribution in [2.75, 3.05) is 20.1 Å². The number of aromatic carboxylic acids is 1. The molecule has 4 nitrogen and oxygen atoms in total. The van der Waals surface area contributed by atoms with Crippen molar-refractivity contribution >= 4 is 17.6 Å². The van der Waals surface area contributed by atoms with Crippen LogP contribution in [0, 0.1) is 0 Å². The second-order valence-corrected chi connectivity index (χ2v) is 6.36. The van der Waals surface area contributed by atoms with Gasteiger partial charge in [0.1, 0.15) is 5.75 Å². The molecule has 0 saturated carbocycles. The van der Waals surface area contributed by atoms with Gasteiger partial charge >= 0.3 is 5.97 Å². The average Bonchev–Trinajstić information content (AvgIpc) is 2.56. The Kier molecular flexibility index (Phi) is 6.23. The van der Waals surface area contributed by atoms with E-state index in [1.54, 1.807) is 24.3 Å². The number of carbonyl (C=O) groups is 1. The van der Waals surface area contributed by atoms with Gasteiger partial charge < -0.3 is 15.1 Å². The van der Waals surface area contributed by atoms with Crippen LogP contribution in [-0.2, 0) is 0 Å². The largest absolute Gasteiger partial charge is 0.506 e. The van der Waals surface area contributed by atoms with Gasteiger partial charge in [-0.05, 0) is 55.4 Å². The van der Waals surface area contributed by atoms with Crippen molar-refractivity contribution in [1.29, 1.82) is 0 Å². The molecule has 2 rings (SSSR count). The van der Waals surface area contributed by atoms with Gasteiger partial charge in [-0.1, -0.05) is 36.7 Å². The van der Waals surface area contributed by atoms with Crippen molar-refractivity contribution < 1.29 is 15.0 Å². The van der Waals surface area contributed by atoms with E-state index < -0.39 is 5.97 Å². The van der Waals surface area contributed by atoms with Gasteiger partial charge in [0.15, 0.2) is 0 Å². The van der Waals surface area contributed by atoms with Crippen molar-refractivity contribution in [2.24, 2.45) is 0 Å². The van der Waals surface area contributed by atoms with Crippen LogP contribution in [0.3, 0.4) is 0 Å². The number of halogens is 1. The number of phenolic OH excluding ortho intramolecular Hbond substituents is 1. The Labute approximate surface area is 147 Å². The first kappa shape index (κ1) is 18.3. The topological polar surface area (TPSA) is 60.8 Å². The predicted octanol–water partition coefficient (Wildman–Crippen LogP) is 4.22. The lowest BCUT2D eigenvalue weighted by Gasteiger charge is -2.25. The molecule has 0 aromatic heterocycles. The minimum atomic E-state index is -0.940. The summed E-state index contributed by atoms with van der Waals surface area (Å²) in [4.78, 5) is 13.3. The Hall–Kier alpha value is -2.04. The number of carboxylic acids is 1. The van der Waals surface area contributed by atoms with Crippen molar-refractivity contribution in [3.05, 3.63) is 64.2 Å². The third-order valence-corrected chi connectivity index (χ3v) is 4.35. The molecule has 1 atom stereocenters. The lowest BCUT2D eigenvalue weighted by molar-refractivity contribution is 0.0697. The number of phenols is 1. The summed E-state index contributed by atoms with van der Waals surface area (Å²) in [5.41, 5.74) is 2.21. The standard InChI is InChI=1S/C19H22ClNO3/c1-3-10-21(2)12-16(15-8-9-17(20)18(22)11-15)13-4-6-14(7-5-13)19(23)24/h4-9,11,16,22H,3,10,12H2,1-2H3,(H,23,24). The van der Waals surface area contributed by atoms with Gasteiger partial charge in [-0.15, -0.1) is 0 Å². The van der Waals surface area contributed by atoms with Crippen LogP contribution in [0.2, 0.25) is 5.02 Å². The van der Waals surface area contributed by atoms with Crippen LogP contribution >= 0.6 is 11.6 Å². The zero-order chi connectivity index (χ0) is 17.7. The maximum Gasteiger partial charge on any atom is 0.335 e. The number of nitrogens with zero attached hydrogens (tertiary/aromatic N) is 1. The first-order valence-electron chi connectivity index (χ1n) is 7.92. The van der Waals surface area contributed by atoms with E-state index in [9.17, 15) is 9.90 Å². The SMILES string of the molecule is CCCN(C)CC(c1ccc(C(=O)O)cc1)c1ccc(Cl)c(O)c1. The van der Waals surface area contributed by atoms with E-state index in [1.165, 1.54) is 0 Å². The monoisotopic (exact) mass is 347 g/mol. The van der Waals surface area contributed by atoms with Crippen molar-refractivity contribution in [3.8, 4) is 5.75 Å². The van der Waals surface area contributed by atoms with Crippen LogP contribution in [-0.4, -0.2) is 41.2 Å². The molecule has 0 aliphatic rings.